The molecule has 6 heteroatoms. The van der Waals surface area contributed by atoms with Crippen LogP contribution in [0.3, 0.4) is 0 Å². The normalized spacial score (nSPS) is 9.92. The Morgan fingerprint density at radius 2 is 1.75 bits per heavy atom. The van der Waals surface area contributed by atoms with Crippen molar-refractivity contribution in [3.8, 4) is 0 Å². The van der Waals surface area contributed by atoms with Crippen LogP contribution in [0, 0.1) is 6.92 Å². The lowest BCUT2D eigenvalue weighted by atomic mass is 10.3. The molecule has 0 aliphatic rings. The third-order valence-electron chi connectivity index (χ3n) is 1.15. The van der Waals surface area contributed by atoms with Gasteiger partial charge in [0.1, 0.15) is 21.7 Å². The molecule has 0 aliphatic carbocycles. The summed E-state index contributed by atoms with van der Waals surface area (Å²) in [5.41, 5.74) is -0.260. The highest BCUT2D eigenvalue weighted by Crippen LogP contribution is 2.20. The smallest absolute Gasteiger partial charge is 0.342 e. The van der Waals surface area contributed by atoms with Crippen molar-refractivity contribution >= 4 is 29.2 Å². The van der Waals surface area contributed by atoms with E-state index >= 15 is 0 Å². The molecule has 0 bridgehead atoms. The Morgan fingerprint density at radius 3 is 2.08 bits per heavy atom. The average Bonchev–Trinajstić information content (AvgIpc) is 1.82. The first kappa shape index (κ1) is 9.22. The van der Waals surface area contributed by atoms with Gasteiger partial charge in [-0.15, -0.1) is 0 Å². The number of aromatic nitrogens is 2. The molecule has 0 unspecified atom stereocenters. The standard InChI is InChI=1S/C6H4Cl2N2O2/c1-2-9-4(7)3(6(11)12)5(8)10-2/h1H3,(H,11,12). The van der Waals surface area contributed by atoms with Gasteiger partial charge in [-0.1, -0.05) is 23.2 Å². The number of aromatic carboxylic acids is 1. The zero-order valence-electron chi connectivity index (χ0n) is 6.01. The van der Waals surface area contributed by atoms with Crippen LogP contribution in [0.25, 0.3) is 0 Å². The van der Waals surface area contributed by atoms with E-state index in [-0.39, 0.29) is 15.9 Å². The summed E-state index contributed by atoms with van der Waals surface area (Å²) >= 11 is 11.0. The molecule has 1 aromatic rings. The molecule has 0 fully saturated rings. The molecule has 0 aromatic carbocycles. The summed E-state index contributed by atoms with van der Waals surface area (Å²) in [6, 6.07) is 0. The molecule has 1 heterocycles. The molecule has 0 aliphatic heterocycles. The number of aryl methyl sites for hydroxylation is 1. The first-order valence-corrected chi connectivity index (χ1v) is 3.71. The maximum Gasteiger partial charge on any atom is 0.342 e. The van der Waals surface area contributed by atoms with Crippen molar-refractivity contribution in [2.24, 2.45) is 0 Å². The maximum atomic E-state index is 10.5. The summed E-state index contributed by atoms with van der Waals surface area (Å²) in [7, 11) is 0. The number of hydrogen-bond donors (Lipinski definition) is 1. The van der Waals surface area contributed by atoms with Gasteiger partial charge in [0.25, 0.3) is 0 Å². The number of carboxylic acids is 1. The number of carbonyl (C=O) groups is 1. The highest BCUT2D eigenvalue weighted by molar-refractivity contribution is 6.37. The van der Waals surface area contributed by atoms with Crippen molar-refractivity contribution in [1.29, 1.82) is 0 Å². The molecule has 1 rings (SSSR count). The monoisotopic (exact) mass is 206 g/mol. The van der Waals surface area contributed by atoms with Gasteiger partial charge < -0.3 is 5.11 Å². The van der Waals surface area contributed by atoms with Gasteiger partial charge in [0.2, 0.25) is 0 Å². The van der Waals surface area contributed by atoms with Gasteiger partial charge in [-0.3, -0.25) is 0 Å². The molecule has 64 valence electrons. The van der Waals surface area contributed by atoms with Crippen LogP contribution in [0.1, 0.15) is 16.2 Å². The van der Waals surface area contributed by atoms with Crippen LogP contribution in [0.5, 0.6) is 0 Å². The summed E-state index contributed by atoms with van der Waals surface area (Å²) < 4.78 is 0. The number of hydrogen-bond acceptors (Lipinski definition) is 3. The second kappa shape index (κ2) is 3.25. The lowest BCUT2D eigenvalue weighted by Crippen LogP contribution is -2.03. The van der Waals surface area contributed by atoms with E-state index in [1.165, 1.54) is 0 Å². The summed E-state index contributed by atoms with van der Waals surface area (Å²) in [5.74, 6) is -0.889. The van der Waals surface area contributed by atoms with E-state index < -0.39 is 5.97 Å². The Balaban J connectivity index is 3.38. The Morgan fingerprint density at radius 1 is 1.33 bits per heavy atom. The van der Waals surface area contributed by atoms with Crippen molar-refractivity contribution < 1.29 is 9.90 Å². The van der Waals surface area contributed by atoms with Gasteiger partial charge in [-0.2, -0.15) is 0 Å². The molecular formula is C6H4Cl2N2O2. The third-order valence-corrected chi connectivity index (χ3v) is 1.69. The van der Waals surface area contributed by atoms with Crippen molar-refractivity contribution in [3.05, 3.63) is 21.7 Å². The molecular weight excluding hydrogens is 203 g/mol. The Labute approximate surface area is 78.2 Å². The van der Waals surface area contributed by atoms with Crippen LogP contribution >= 0.6 is 23.2 Å². The fourth-order valence-corrected chi connectivity index (χ4v) is 1.32. The molecule has 0 saturated heterocycles. The minimum Gasteiger partial charge on any atom is -0.477 e. The molecule has 1 N–H and O–H groups in total. The van der Waals surface area contributed by atoms with E-state index in [0.29, 0.717) is 5.82 Å². The molecule has 0 spiro atoms. The predicted molar refractivity (Wildman–Crippen MR) is 43.7 cm³/mol. The third kappa shape index (κ3) is 1.65. The van der Waals surface area contributed by atoms with Crippen LogP contribution in [0.15, 0.2) is 0 Å². The average molecular weight is 207 g/mol. The first-order chi connectivity index (χ1) is 5.52. The van der Waals surface area contributed by atoms with Gasteiger partial charge >= 0.3 is 5.97 Å². The molecule has 0 amide bonds. The summed E-state index contributed by atoms with van der Waals surface area (Å²) in [4.78, 5) is 17.8. The van der Waals surface area contributed by atoms with E-state index in [1.54, 1.807) is 6.92 Å². The van der Waals surface area contributed by atoms with Crippen molar-refractivity contribution in [3.63, 3.8) is 0 Å². The van der Waals surface area contributed by atoms with Gasteiger partial charge in [-0.25, -0.2) is 14.8 Å². The highest BCUT2D eigenvalue weighted by atomic mass is 35.5. The number of rotatable bonds is 1. The van der Waals surface area contributed by atoms with E-state index in [9.17, 15) is 4.79 Å². The molecule has 12 heavy (non-hydrogen) atoms. The van der Waals surface area contributed by atoms with Crippen LogP contribution < -0.4 is 0 Å². The minimum absolute atomic E-state index is 0.139. The van der Waals surface area contributed by atoms with Crippen LogP contribution in [-0.4, -0.2) is 21.0 Å². The topological polar surface area (TPSA) is 63.1 Å². The number of nitrogens with zero attached hydrogens (tertiary/aromatic N) is 2. The van der Waals surface area contributed by atoms with E-state index in [1.807, 2.05) is 0 Å². The largest absolute Gasteiger partial charge is 0.477 e. The highest BCUT2D eigenvalue weighted by Gasteiger charge is 2.16. The molecule has 1 aromatic heterocycles. The van der Waals surface area contributed by atoms with Gasteiger partial charge in [0.15, 0.2) is 0 Å². The van der Waals surface area contributed by atoms with Crippen molar-refractivity contribution in [2.45, 2.75) is 6.92 Å². The van der Waals surface area contributed by atoms with Gasteiger partial charge in [0.05, 0.1) is 0 Å². The van der Waals surface area contributed by atoms with Crippen molar-refractivity contribution in [1.82, 2.24) is 9.97 Å². The molecule has 0 atom stereocenters. The van der Waals surface area contributed by atoms with Crippen LogP contribution in [0.2, 0.25) is 10.3 Å². The Bertz CT molecular complexity index is 317. The lowest BCUT2D eigenvalue weighted by Gasteiger charge is -2.00. The first-order valence-electron chi connectivity index (χ1n) is 2.95. The molecule has 0 radical (unpaired) electrons. The zero-order valence-corrected chi connectivity index (χ0v) is 7.52. The zero-order chi connectivity index (χ0) is 9.30. The summed E-state index contributed by atoms with van der Waals surface area (Å²) in [5, 5.41) is 8.31. The second-order valence-corrected chi connectivity index (χ2v) is 2.75. The van der Waals surface area contributed by atoms with Crippen LogP contribution in [0.4, 0.5) is 0 Å². The minimum atomic E-state index is -1.23. The van der Waals surface area contributed by atoms with Gasteiger partial charge in [0, 0.05) is 0 Å². The fraction of sp³-hybridized carbons (Fsp3) is 0.167. The maximum absolute atomic E-state index is 10.5. The molecule has 0 saturated carbocycles. The van der Waals surface area contributed by atoms with Crippen LogP contribution in [-0.2, 0) is 0 Å². The number of carboxylic acid groups (broad SMARTS) is 1. The fourth-order valence-electron chi connectivity index (χ4n) is 0.683. The summed E-state index contributed by atoms with van der Waals surface area (Å²) in [6.07, 6.45) is 0. The van der Waals surface area contributed by atoms with Crippen molar-refractivity contribution in [2.75, 3.05) is 0 Å². The quantitative estimate of drug-likeness (QED) is 0.713. The Kier molecular flexibility index (Phi) is 2.49. The predicted octanol–water partition coefficient (Wildman–Crippen LogP) is 1.79. The second-order valence-electron chi connectivity index (χ2n) is 2.03. The lowest BCUT2D eigenvalue weighted by molar-refractivity contribution is 0.0696. The van der Waals surface area contributed by atoms with E-state index in [4.69, 9.17) is 28.3 Å². The van der Waals surface area contributed by atoms with E-state index in [2.05, 4.69) is 9.97 Å². The SMILES string of the molecule is Cc1nc(Cl)c(C(=O)O)c(Cl)n1. The van der Waals surface area contributed by atoms with E-state index in [0.717, 1.165) is 0 Å². The number of halogens is 2. The summed E-state index contributed by atoms with van der Waals surface area (Å²) in [6.45, 7) is 1.57. The molecule has 4 nitrogen and oxygen atoms in total. The van der Waals surface area contributed by atoms with Gasteiger partial charge in [-0.05, 0) is 6.92 Å². The Hall–Kier alpha value is -0.870.